The van der Waals surface area contributed by atoms with Gasteiger partial charge in [-0.1, -0.05) is 24.3 Å². The van der Waals surface area contributed by atoms with Crippen molar-refractivity contribution in [3.8, 4) is 28.5 Å². The van der Waals surface area contributed by atoms with Crippen LogP contribution in [0.3, 0.4) is 0 Å². The fraction of sp³-hybridized carbons (Fsp3) is 0.172. The van der Waals surface area contributed by atoms with Crippen molar-refractivity contribution in [1.29, 1.82) is 0 Å². The average Bonchev–Trinajstić information content (AvgIpc) is 3.37. The molecule has 0 amide bonds. The lowest BCUT2D eigenvalue weighted by Gasteiger charge is -2.24. The zero-order chi connectivity index (χ0) is 30.2. The van der Waals surface area contributed by atoms with Gasteiger partial charge in [-0.25, -0.2) is 9.59 Å². The highest BCUT2D eigenvalue weighted by atomic mass is 16.5. The number of hydrogen-bond donors (Lipinski definition) is 5. The molecular formula is C29H26N2O11. The number of hydrogen-bond acceptors (Lipinski definition) is 8. The average molecular weight is 579 g/mol. The first-order valence-corrected chi connectivity index (χ1v) is 12.5. The molecule has 1 aromatic heterocycles. The molecular weight excluding hydrogens is 552 g/mol. The molecule has 0 atom stereocenters. The van der Waals surface area contributed by atoms with Crippen molar-refractivity contribution in [2.75, 3.05) is 37.8 Å². The minimum Gasteiger partial charge on any atom is -0.488 e. The Labute approximate surface area is 238 Å². The van der Waals surface area contributed by atoms with Crippen molar-refractivity contribution in [2.45, 2.75) is 0 Å². The number of fused-ring (bicyclic) bond motifs is 1. The van der Waals surface area contributed by atoms with Crippen LogP contribution < -0.4 is 19.1 Å². The van der Waals surface area contributed by atoms with Crippen LogP contribution in [0.4, 0.5) is 5.69 Å². The van der Waals surface area contributed by atoms with Crippen molar-refractivity contribution in [2.24, 2.45) is 0 Å². The van der Waals surface area contributed by atoms with E-state index >= 15 is 0 Å². The molecule has 3 aromatic carbocycles. The van der Waals surface area contributed by atoms with Crippen LogP contribution in [0, 0.1) is 0 Å². The summed E-state index contributed by atoms with van der Waals surface area (Å²) in [5.74, 6) is -4.00. The smallest absolute Gasteiger partial charge is 0.341 e. The molecule has 0 spiro atoms. The number of para-hydroxylation sites is 2. The Morgan fingerprint density at radius 2 is 1.33 bits per heavy atom. The molecule has 0 saturated heterocycles. The Morgan fingerprint density at radius 3 is 1.95 bits per heavy atom. The Morgan fingerprint density at radius 1 is 0.690 bits per heavy atom. The largest absolute Gasteiger partial charge is 0.488 e. The highest BCUT2D eigenvalue weighted by molar-refractivity contribution is 5.95. The summed E-state index contributed by atoms with van der Waals surface area (Å²) in [6.45, 7) is -1.82. The van der Waals surface area contributed by atoms with Gasteiger partial charge in [-0.05, 0) is 42.5 Å². The zero-order valence-corrected chi connectivity index (χ0v) is 22.0. The molecule has 0 aliphatic rings. The predicted octanol–water partition coefficient (Wildman–Crippen LogP) is 3.43. The molecule has 0 bridgehead atoms. The number of aromatic nitrogens is 1. The number of nitrogens with zero attached hydrogens (tertiary/aromatic N) is 1. The molecule has 0 aliphatic heterocycles. The Balaban J connectivity index is 1.60. The van der Waals surface area contributed by atoms with E-state index < -0.39 is 43.6 Å². The van der Waals surface area contributed by atoms with Gasteiger partial charge in [-0.2, -0.15) is 0 Å². The van der Waals surface area contributed by atoms with Gasteiger partial charge in [0.2, 0.25) is 0 Å². The molecule has 5 N–H and O–H groups in total. The molecule has 0 unspecified atom stereocenters. The van der Waals surface area contributed by atoms with Crippen molar-refractivity contribution in [3.05, 3.63) is 72.3 Å². The maximum Gasteiger partial charge on any atom is 0.341 e. The number of carbonyl (C=O) groups is 4. The first-order valence-electron chi connectivity index (χ1n) is 12.5. The quantitative estimate of drug-likeness (QED) is 0.129. The second-order valence-corrected chi connectivity index (χ2v) is 8.94. The first-order chi connectivity index (χ1) is 20.1. The highest BCUT2D eigenvalue weighted by Crippen LogP contribution is 2.35. The van der Waals surface area contributed by atoms with Gasteiger partial charge in [0.25, 0.3) is 0 Å². The number of aliphatic carboxylic acids is 3. The van der Waals surface area contributed by atoms with Crippen LogP contribution >= 0.6 is 0 Å². The molecule has 42 heavy (non-hydrogen) atoms. The van der Waals surface area contributed by atoms with Crippen LogP contribution in [0.2, 0.25) is 0 Å². The van der Waals surface area contributed by atoms with Gasteiger partial charge >= 0.3 is 23.9 Å². The third kappa shape index (κ3) is 7.47. The van der Waals surface area contributed by atoms with E-state index in [2.05, 4.69) is 4.98 Å². The zero-order valence-electron chi connectivity index (χ0n) is 22.0. The number of nitrogens with one attached hydrogen (secondary N) is 1. The van der Waals surface area contributed by atoms with Crippen molar-refractivity contribution >= 4 is 40.5 Å². The molecule has 4 rings (SSSR count). The molecule has 13 heteroatoms. The number of aromatic carboxylic acids is 1. The number of aromatic amines is 1. The Hall–Kier alpha value is -5.72. The fourth-order valence-electron chi connectivity index (χ4n) is 4.16. The molecule has 1 heterocycles. The standard InChI is InChI=1S/C29H26N2O11/c32-26(33)14-31(15-27(34)35)22-8-7-18(20-11-17-5-6-19(29(38)39)12-21(17)30-20)13-25(22)41-10-9-40-23-3-1-2-4-24(23)42-16-28(36)37/h1-8,11-13,30H,9-10,14-16H2,(H,32,33)(H,34,35)(H,36,37)(H,38,39). The normalized spacial score (nSPS) is 10.7. The van der Waals surface area contributed by atoms with E-state index in [1.54, 1.807) is 48.5 Å². The molecule has 13 nitrogen and oxygen atoms in total. The summed E-state index contributed by atoms with van der Waals surface area (Å²) >= 11 is 0. The number of rotatable bonds is 15. The van der Waals surface area contributed by atoms with Gasteiger partial charge in [-0.15, -0.1) is 0 Å². The van der Waals surface area contributed by atoms with Gasteiger partial charge < -0.3 is 44.5 Å². The van der Waals surface area contributed by atoms with Gasteiger partial charge in [0.1, 0.15) is 32.1 Å². The van der Waals surface area contributed by atoms with Crippen LogP contribution in [0.25, 0.3) is 22.2 Å². The van der Waals surface area contributed by atoms with E-state index in [1.165, 1.54) is 12.1 Å². The number of ether oxygens (including phenoxy) is 3. The van der Waals surface area contributed by atoms with Crippen molar-refractivity contribution in [3.63, 3.8) is 0 Å². The third-order valence-electron chi connectivity index (χ3n) is 5.93. The van der Waals surface area contributed by atoms with Crippen LogP contribution in [-0.4, -0.2) is 82.2 Å². The number of benzene rings is 3. The van der Waals surface area contributed by atoms with Crippen molar-refractivity contribution in [1.82, 2.24) is 4.98 Å². The summed E-state index contributed by atoms with van der Waals surface area (Å²) in [4.78, 5) is 49.5. The van der Waals surface area contributed by atoms with Gasteiger partial charge in [0.15, 0.2) is 18.1 Å². The predicted molar refractivity (Wildman–Crippen MR) is 149 cm³/mol. The van der Waals surface area contributed by atoms with Crippen LogP contribution in [0.1, 0.15) is 10.4 Å². The summed E-state index contributed by atoms with van der Waals surface area (Å²) in [6, 6.07) is 17.8. The van der Waals surface area contributed by atoms with E-state index in [0.717, 1.165) is 10.3 Å². The Kier molecular flexibility index (Phi) is 9.12. The lowest BCUT2D eigenvalue weighted by Crippen LogP contribution is -2.34. The summed E-state index contributed by atoms with van der Waals surface area (Å²) in [5.41, 5.74) is 2.15. The number of H-pyrrole nitrogens is 1. The first kappa shape index (κ1) is 29.3. The van der Waals surface area contributed by atoms with E-state index in [1.807, 2.05) is 6.07 Å². The maximum absolute atomic E-state index is 11.5. The van der Waals surface area contributed by atoms with Crippen LogP contribution in [0.15, 0.2) is 66.7 Å². The summed E-state index contributed by atoms with van der Waals surface area (Å²) < 4.78 is 16.9. The monoisotopic (exact) mass is 578 g/mol. The fourth-order valence-corrected chi connectivity index (χ4v) is 4.16. The SMILES string of the molecule is O=C(O)COc1ccccc1OCCOc1cc(-c2cc3ccc(C(=O)O)cc3[nH]2)ccc1N(CC(=O)O)CC(=O)O. The molecule has 0 fully saturated rings. The number of carboxylic acids is 4. The highest BCUT2D eigenvalue weighted by Gasteiger charge is 2.20. The lowest BCUT2D eigenvalue weighted by atomic mass is 10.1. The Bertz CT molecular complexity index is 1610. The van der Waals surface area contributed by atoms with Crippen molar-refractivity contribution < 1.29 is 53.8 Å². The maximum atomic E-state index is 11.5. The second kappa shape index (κ2) is 13.1. The summed E-state index contributed by atoms with van der Waals surface area (Å²) in [7, 11) is 0. The molecule has 218 valence electrons. The molecule has 0 radical (unpaired) electrons. The van der Waals surface area contributed by atoms with Gasteiger partial charge in [0.05, 0.1) is 11.3 Å². The summed E-state index contributed by atoms with van der Waals surface area (Å²) in [6.07, 6.45) is 0. The van der Waals surface area contributed by atoms with Crippen LogP contribution in [0.5, 0.6) is 17.2 Å². The van der Waals surface area contributed by atoms with E-state index in [4.69, 9.17) is 19.3 Å². The summed E-state index contributed by atoms with van der Waals surface area (Å²) in [5, 5.41) is 37.7. The topological polar surface area (TPSA) is 196 Å². The third-order valence-corrected chi connectivity index (χ3v) is 5.93. The second-order valence-electron chi connectivity index (χ2n) is 8.94. The van der Waals surface area contributed by atoms with Crippen LogP contribution in [-0.2, 0) is 14.4 Å². The molecule has 0 saturated carbocycles. The van der Waals surface area contributed by atoms with E-state index in [-0.39, 0.29) is 41.7 Å². The number of anilines is 1. The molecule has 0 aliphatic carbocycles. The minimum atomic E-state index is -1.24. The lowest BCUT2D eigenvalue weighted by molar-refractivity contribution is -0.139. The number of carboxylic acid groups (broad SMARTS) is 4. The van der Waals surface area contributed by atoms with Gasteiger partial charge in [-0.3, -0.25) is 9.59 Å². The van der Waals surface area contributed by atoms with Gasteiger partial charge in [0, 0.05) is 22.2 Å². The minimum absolute atomic E-state index is 0.0146. The van der Waals surface area contributed by atoms with E-state index in [9.17, 15) is 34.5 Å². The molecule has 4 aromatic rings. The van der Waals surface area contributed by atoms with E-state index in [0.29, 0.717) is 16.8 Å².